The first-order valence-electron chi connectivity index (χ1n) is 8.83. The van der Waals surface area contributed by atoms with E-state index in [9.17, 15) is 13.2 Å². The molecule has 0 radical (unpaired) electrons. The van der Waals surface area contributed by atoms with Gasteiger partial charge in [-0.15, -0.1) is 0 Å². The quantitative estimate of drug-likeness (QED) is 0.423. The SMILES string of the molecule is Cc1ccc(S(=O)(=O)N(C)c2ccc(OC(=O)c3ccccc3Cl)cc2)cc1C. The fourth-order valence-corrected chi connectivity index (χ4v) is 4.18. The first-order chi connectivity index (χ1) is 13.7. The van der Waals surface area contributed by atoms with E-state index in [1.54, 1.807) is 54.6 Å². The van der Waals surface area contributed by atoms with Gasteiger partial charge >= 0.3 is 5.97 Å². The Morgan fingerprint density at radius 2 is 1.59 bits per heavy atom. The molecule has 0 amide bonds. The second-order valence-electron chi connectivity index (χ2n) is 6.58. The highest BCUT2D eigenvalue weighted by Crippen LogP contribution is 2.26. The van der Waals surface area contributed by atoms with E-state index in [4.69, 9.17) is 16.3 Å². The lowest BCUT2D eigenvalue weighted by atomic mass is 10.1. The van der Waals surface area contributed by atoms with Crippen molar-refractivity contribution in [1.29, 1.82) is 0 Å². The molecule has 5 nitrogen and oxygen atoms in total. The number of carbonyl (C=O) groups excluding carboxylic acids is 1. The van der Waals surface area contributed by atoms with Crippen molar-refractivity contribution in [2.75, 3.05) is 11.4 Å². The van der Waals surface area contributed by atoms with E-state index in [0.29, 0.717) is 10.7 Å². The third kappa shape index (κ3) is 4.44. The molecule has 0 unspecified atom stereocenters. The van der Waals surface area contributed by atoms with Crippen LogP contribution < -0.4 is 9.04 Å². The molecule has 0 bridgehead atoms. The number of halogens is 1. The molecule has 0 saturated carbocycles. The van der Waals surface area contributed by atoms with Gasteiger partial charge in [-0.25, -0.2) is 13.2 Å². The molecule has 3 aromatic carbocycles. The van der Waals surface area contributed by atoms with Gasteiger partial charge in [0.25, 0.3) is 10.0 Å². The topological polar surface area (TPSA) is 63.7 Å². The summed E-state index contributed by atoms with van der Waals surface area (Å²) in [5, 5.41) is 0.299. The van der Waals surface area contributed by atoms with Crippen LogP contribution in [0.1, 0.15) is 21.5 Å². The Kier molecular flexibility index (Phi) is 5.96. The highest BCUT2D eigenvalue weighted by Gasteiger charge is 2.22. The van der Waals surface area contributed by atoms with Gasteiger partial charge in [0.2, 0.25) is 0 Å². The minimum atomic E-state index is -3.71. The Morgan fingerprint density at radius 3 is 2.21 bits per heavy atom. The second-order valence-corrected chi connectivity index (χ2v) is 8.96. The molecule has 0 aliphatic rings. The van der Waals surface area contributed by atoms with E-state index in [2.05, 4.69) is 0 Å². The van der Waals surface area contributed by atoms with Gasteiger partial charge in [0, 0.05) is 7.05 Å². The number of carbonyl (C=O) groups is 1. The van der Waals surface area contributed by atoms with Crippen LogP contribution in [0.15, 0.2) is 71.6 Å². The molecule has 0 aliphatic heterocycles. The summed E-state index contributed by atoms with van der Waals surface area (Å²) in [5.74, 6) is -0.296. The maximum absolute atomic E-state index is 12.9. The molecule has 0 atom stereocenters. The molecule has 0 aliphatic carbocycles. The van der Waals surface area contributed by atoms with Crippen LogP contribution in [0.2, 0.25) is 5.02 Å². The summed E-state index contributed by atoms with van der Waals surface area (Å²) in [5.41, 5.74) is 2.63. The number of ether oxygens (including phenoxy) is 1. The van der Waals surface area contributed by atoms with E-state index in [1.807, 2.05) is 13.8 Å². The maximum atomic E-state index is 12.9. The van der Waals surface area contributed by atoms with E-state index in [-0.39, 0.29) is 16.2 Å². The average Bonchev–Trinajstić information content (AvgIpc) is 2.70. The van der Waals surface area contributed by atoms with Crippen LogP contribution in [0, 0.1) is 13.8 Å². The monoisotopic (exact) mass is 429 g/mol. The molecule has 0 aromatic heterocycles. The molecule has 7 heteroatoms. The summed E-state index contributed by atoms with van der Waals surface area (Å²) in [6.45, 7) is 3.80. The van der Waals surface area contributed by atoms with Crippen LogP contribution in [0.25, 0.3) is 0 Å². The van der Waals surface area contributed by atoms with Gasteiger partial charge in [0.1, 0.15) is 5.75 Å². The van der Waals surface area contributed by atoms with Gasteiger partial charge in [-0.3, -0.25) is 4.31 Å². The number of anilines is 1. The van der Waals surface area contributed by atoms with Gasteiger partial charge in [0.15, 0.2) is 0 Å². The molecule has 0 saturated heterocycles. The predicted octanol–water partition coefficient (Wildman–Crippen LogP) is 5.00. The summed E-state index contributed by atoms with van der Waals surface area (Å²) in [7, 11) is -2.23. The van der Waals surface area contributed by atoms with E-state index >= 15 is 0 Å². The molecule has 0 heterocycles. The lowest BCUT2D eigenvalue weighted by Crippen LogP contribution is -2.26. The molecule has 0 fully saturated rings. The highest BCUT2D eigenvalue weighted by atomic mass is 35.5. The van der Waals surface area contributed by atoms with Crippen LogP contribution in [0.4, 0.5) is 5.69 Å². The highest BCUT2D eigenvalue weighted by molar-refractivity contribution is 7.92. The zero-order valence-electron chi connectivity index (χ0n) is 16.2. The summed E-state index contributed by atoms with van der Waals surface area (Å²) in [6.07, 6.45) is 0. The van der Waals surface area contributed by atoms with Crippen molar-refractivity contribution in [3.8, 4) is 5.75 Å². The predicted molar refractivity (Wildman–Crippen MR) is 114 cm³/mol. The van der Waals surface area contributed by atoms with Crippen LogP contribution >= 0.6 is 11.6 Å². The minimum absolute atomic E-state index is 0.220. The van der Waals surface area contributed by atoms with Crippen LogP contribution in [-0.2, 0) is 10.0 Å². The number of sulfonamides is 1. The lowest BCUT2D eigenvalue weighted by Gasteiger charge is -2.20. The van der Waals surface area contributed by atoms with Gasteiger partial charge in [-0.2, -0.15) is 0 Å². The third-order valence-corrected chi connectivity index (χ3v) is 6.75. The maximum Gasteiger partial charge on any atom is 0.345 e. The molecular weight excluding hydrogens is 410 g/mol. The van der Waals surface area contributed by atoms with E-state index < -0.39 is 16.0 Å². The molecular formula is C22H20ClNO4S. The number of benzene rings is 3. The molecule has 3 rings (SSSR count). The van der Waals surface area contributed by atoms with Crippen molar-refractivity contribution in [3.05, 3.63) is 88.4 Å². The van der Waals surface area contributed by atoms with Crippen molar-refractivity contribution < 1.29 is 17.9 Å². The third-order valence-electron chi connectivity index (χ3n) is 4.64. The van der Waals surface area contributed by atoms with Crippen molar-refractivity contribution >= 4 is 33.3 Å². The normalized spacial score (nSPS) is 11.2. The molecule has 150 valence electrons. The molecule has 3 aromatic rings. The first-order valence-corrected chi connectivity index (χ1v) is 10.6. The number of hydrogen-bond donors (Lipinski definition) is 0. The van der Waals surface area contributed by atoms with Crippen molar-refractivity contribution in [2.24, 2.45) is 0 Å². The van der Waals surface area contributed by atoms with Gasteiger partial charge in [-0.05, 0) is 73.5 Å². The molecule has 0 N–H and O–H groups in total. The van der Waals surface area contributed by atoms with Gasteiger partial charge < -0.3 is 4.74 Å². The Bertz CT molecular complexity index is 1160. The smallest absolute Gasteiger partial charge is 0.345 e. The Hall–Kier alpha value is -2.83. The van der Waals surface area contributed by atoms with Crippen LogP contribution in [0.3, 0.4) is 0 Å². The number of aryl methyl sites for hydroxylation is 2. The average molecular weight is 430 g/mol. The van der Waals surface area contributed by atoms with Crippen molar-refractivity contribution in [2.45, 2.75) is 18.7 Å². The molecule has 29 heavy (non-hydrogen) atoms. The second kappa shape index (κ2) is 8.27. The van der Waals surface area contributed by atoms with E-state index in [1.165, 1.54) is 23.5 Å². The zero-order valence-corrected chi connectivity index (χ0v) is 17.8. The standard InChI is InChI=1S/C22H20ClNO4S/c1-15-8-13-19(14-16(15)2)29(26,27)24(3)17-9-11-18(12-10-17)28-22(25)20-6-4-5-7-21(20)23/h4-14H,1-3H3. The lowest BCUT2D eigenvalue weighted by molar-refractivity contribution is 0.0735. The number of rotatable bonds is 5. The fraction of sp³-hybridized carbons (Fsp3) is 0.136. The number of nitrogens with zero attached hydrogens (tertiary/aromatic N) is 1. The number of esters is 1. The summed E-state index contributed by atoms with van der Waals surface area (Å²) < 4.78 is 32.3. The largest absolute Gasteiger partial charge is 0.423 e. The Labute approximate surface area is 175 Å². The van der Waals surface area contributed by atoms with Crippen LogP contribution in [-0.4, -0.2) is 21.4 Å². The zero-order chi connectivity index (χ0) is 21.2. The fourth-order valence-electron chi connectivity index (χ4n) is 2.68. The summed E-state index contributed by atoms with van der Waals surface area (Å²) >= 11 is 6.01. The van der Waals surface area contributed by atoms with Crippen LogP contribution in [0.5, 0.6) is 5.75 Å². The summed E-state index contributed by atoms with van der Waals surface area (Å²) in [4.78, 5) is 12.5. The Balaban J connectivity index is 1.79. The number of hydrogen-bond acceptors (Lipinski definition) is 4. The first kappa shape index (κ1) is 20.9. The van der Waals surface area contributed by atoms with Crippen molar-refractivity contribution in [3.63, 3.8) is 0 Å². The molecule has 0 spiro atoms. The van der Waals surface area contributed by atoms with Crippen molar-refractivity contribution in [1.82, 2.24) is 0 Å². The minimum Gasteiger partial charge on any atom is -0.423 e. The summed E-state index contributed by atoms with van der Waals surface area (Å²) in [6, 6.07) is 17.9. The van der Waals surface area contributed by atoms with E-state index in [0.717, 1.165) is 11.1 Å². The van der Waals surface area contributed by atoms with Gasteiger partial charge in [-0.1, -0.05) is 29.8 Å². The van der Waals surface area contributed by atoms with Gasteiger partial charge in [0.05, 0.1) is 21.2 Å². The Morgan fingerprint density at radius 1 is 0.931 bits per heavy atom.